The molecule has 2 rings (SSSR count). The monoisotopic (exact) mass is 282 g/mol. The van der Waals surface area contributed by atoms with Crippen molar-refractivity contribution >= 4 is 24.8 Å². The highest BCUT2D eigenvalue weighted by molar-refractivity contribution is 5.85. The Morgan fingerprint density at radius 3 is 2.41 bits per heavy atom. The van der Waals surface area contributed by atoms with Crippen molar-refractivity contribution in [3.63, 3.8) is 0 Å². The van der Waals surface area contributed by atoms with Crippen LogP contribution in [0, 0.1) is 0 Å². The molecule has 1 aliphatic rings. The van der Waals surface area contributed by atoms with Crippen LogP contribution in [0.25, 0.3) is 0 Å². The predicted molar refractivity (Wildman–Crippen MR) is 70.3 cm³/mol. The second kappa shape index (κ2) is 7.50. The Morgan fingerprint density at radius 2 is 1.82 bits per heavy atom. The van der Waals surface area contributed by atoms with Crippen LogP contribution in [0.5, 0.6) is 0 Å². The first-order valence-electron chi connectivity index (χ1n) is 4.99. The number of aromatic nitrogens is 2. The molecule has 1 aliphatic heterocycles. The van der Waals surface area contributed by atoms with Gasteiger partial charge >= 0.3 is 5.69 Å². The second-order valence-electron chi connectivity index (χ2n) is 3.62. The summed E-state index contributed by atoms with van der Waals surface area (Å²) in [5.74, 6) is 0. The number of rotatable bonds is 2. The zero-order valence-corrected chi connectivity index (χ0v) is 10.8. The van der Waals surface area contributed by atoms with Crippen LogP contribution in [-0.4, -0.2) is 41.0 Å². The van der Waals surface area contributed by atoms with Crippen LogP contribution in [0.3, 0.4) is 0 Å². The lowest BCUT2D eigenvalue weighted by Crippen LogP contribution is -2.44. The Bertz CT molecular complexity index is 439. The molecular weight excluding hydrogens is 267 g/mol. The van der Waals surface area contributed by atoms with Gasteiger partial charge in [0.15, 0.2) is 0 Å². The topological polar surface area (TPSA) is 81.0 Å². The van der Waals surface area contributed by atoms with Gasteiger partial charge in [0.25, 0.3) is 5.56 Å². The van der Waals surface area contributed by atoms with Gasteiger partial charge in [-0.3, -0.25) is 14.7 Å². The van der Waals surface area contributed by atoms with E-state index in [2.05, 4.69) is 20.2 Å². The highest BCUT2D eigenvalue weighted by Crippen LogP contribution is 1.98. The maximum Gasteiger partial charge on any atom is 0.325 e. The third kappa shape index (κ3) is 4.51. The lowest BCUT2D eigenvalue weighted by molar-refractivity contribution is 0.232. The van der Waals surface area contributed by atoms with E-state index in [-0.39, 0.29) is 30.4 Å². The van der Waals surface area contributed by atoms with Gasteiger partial charge in [0.2, 0.25) is 0 Å². The number of piperazine rings is 1. The first-order valence-corrected chi connectivity index (χ1v) is 4.99. The Labute approximate surface area is 111 Å². The normalized spacial score (nSPS) is 15.8. The minimum Gasteiger partial charge on any atom is -0.314 e. The molecule has 0 unspecified atom stereocenters. The van der Waals surface area contributed by atoms with E-state index < -0.39 is 5.69 Å². The molecule has 1 aromatic heterocycles. The molecule has 0 saturated carbocycles. The fourth-order valence-corrected chi connectivity index (χ4v) is 1.67. The van der Waals surface area contributed by atoms with Gasteiger partial charge in [0.05, 0.1) is 0 Å². The first kappa shape index (κ1) is 16.2. The summed E-state index contributed by atoms with van der Waals surface area (Å²) in [6.45, 7) is 4.34. The Kier molecular flexibility index (Phi) is 7.13. The molecule has 0 spiro atoms. The van der Waals surface area contributed by atoms with E-state index in [1.54, 1.807) is 0 Å². The van der Waals surface area contributed by atoms with Crippen molar-refractivity contribution in [2.24, 2.45) is 0 Å². The summed E-state index contributed by atoms with van der Waals surface area (Å²) in [5, 5.41) is 3.24. The molecule has 17 heavy (non-hydrogen) atoms. The van der Waals surface area contributed by atoms with Crippen molar-refractivity contribution < 1.29 is 0 Å². The lowest BCUT2D eigenvalue weighted by atomic mass is 10.3. The molecule has 0 atom stereocenters. The summed E-state index contributed by atoms with van der Waals surface area (Å²) in [4.78, 5) is 29.1. The maximum atomic E-state index is 11.4. The van der Waals surface area contributed by atoms with Crippen molar-refractivity contribution in [1.29, 1.82) is 0 Å². The summed E-state index contributed by atoms with van der Waals surface area (Å²) in [5.41, 5.74) is -0.141. The van der Waals surface area contributed by atoms with Gasteiger partial charge in [-0.15, -0.1) is 24.8 Å². The molecule has 0 aromatic carbocycles. The van der Waals surface area contributed by atoms with E-state index in [4.69, 9.17) is 0 Å². The average molecular weight is 283 g/mol. The molecule has 2 heterocycles. The third-order valence-electron chi connectivity index (χ3n) is 2.50. The summed E-state index contributed by atoms with van der Waals surface area (Å²) in [7, 11) is 0. The first-order chi connectivity index (χ1) is 7.25. The van der Waals surface area contributed by atoms with E-state index in [0.29, 0.717) is 12.1 Å². The zero-order valence-electron chi connectivity index (χ0n) is 9.19. The molecule has 0 radical (unpaired) electrons. The zero-order chi connectivity index (χ0) is 10.7. The summed E-state index contributed by atoms with van der Waals surface area (Å²) < 4.78 is 0. The van der Waals surface area contributed by atoms with Gasteiger partial charge in [-0.2, -0.15) is 0 Å². The molecule has 6 nitrogen and oxygen atoms in total. The van der Waals surface area contributed by atoms with E-state index in [1.807, 2.05) is 0 Å². The Morgan fingerprint density at radius 1 is 1.18 bits per heavy atom. The molecular formula is C9H16Cl2N4O2. The van der Waals surface area contributed by atoms with Crippen molar-refractivity contribution in [1.82, 2.24) is 20.2 Å². The van der Waals surface area contributed by atoms with E-state index in [1.165, 1.54) is 6.20 Å². The van der Waals surface area contributed by atoms with Gasteiger partial charge in [-0.05, 0) is 0 Å². The van der Waals surface area contributed by atoms with Crippen LogP contribution < -0.4 is 16.6 Å². The van der Waals surface area contributed by atoms with Gasteiger partial charge < -0.3 is 10.3 Å². The van der Waals surface area contributed by atoms with E-state index in [0.717, 1.165) is 26.2 Å². The van der Waals surface area contributed by atoms with Gasteiger partial charge in [0.1, 0.15) is 0 Å². The van der Waals surface area contributed by atoms with Crippen LogP contribution >= 0.6 is 24.8 Å². The molecule has 1 aromatic rings. The molecule has 1 fully saturated rings. The SMILES string of the molecule is Cl.Cl.O=c1[nH]cc(CN2CCNCC2)c(=O)[nH]1. The lowest BCUT2D eigenvalue weighted by Gasteiger charge is -2.26. The second-order valence-corrected chi connectivity index (χ2v) is 3.62. The molecule has 8 heteroatoms. The standard InChI is InChI=1S/C9H14N4O2.2ClH/c14-8-7(5-11-9(15)12-8)6-13-3-1-10-2-4-13;;/h5,10H,1-4,6H2,(H2,11,12,14,15);2*1H. The minimum atomic E-state index is -0.455. The maximum absolute atomic E-state index is 11.4. The minimum absolute atomic E-state index is 0. The number of nitrogens with one attached hydrogen (secondary N) is 3. The summed E-state index contributed by atoms with van der Waals surface area (Å²) in [6, 6.07) is 0. The number of hydrogen-bond donors (Lipinski definition) is 3. The third-order valence-corrected chi connectivity index (χ3v) is 2.50. The largest absolute Gasteiger partial charge is 0.325 e. The van der Waals surface area contributed by atoms with Gasteiger partial charge in [0, 0.05) is 44.5 Å². The Balaban J connectivity index is 0.00000128. The average Bonchev–Trinajstić information content (AvgIpc) is 2.24. The number of nitrogens with zero attached hydrogens (tertiary/aromatic N) is 1. The van der Waals surface area contributed by atoms with Gasteiger partial charge in [-0.25, -0.2) is 4.79 Å². The highest BCUT2D eigenvalue weighted by Gasteiger charge is 2.11. The molecule has 0 bridgehead atoms. The van der Waals surface area contributed by atoms with Crippen LogP contribution in [0.1, 0.15) is 5.56 Å². The predicted octanol–water partition coefficient (Wildman–Crippen LogP) is -0.688. The van der Waals surface area contributed by atoms with Crippen LogP contribution in [0.15, 0.2) is 15.8 Å². The number of halogens is 2. The smallest absolute Gasteiger partial charge is 0.314 e. The van der Waals surface area contributed by atoms with E-state index >= 15 is 0 Å². The van der Waals surface area contributed by atoms with E-state index in [9.17, 15) is 9.59 Å². The molecule has 98 valence electrons. The highest BCUT2D eigenvalue weighted by atomic mass is 35.5. The number of aromatic amines is 2. The van der Waals surface area contributed by atoms with Crippen molar-refractivity contribution in [3.8, 4) is 0 Å². The van der Waals surface area contributed by atoms with Crippen LogP contribution in [-0.2, 0) is 6.54 Å². The number of hydrogen-bond acceptors (Lipinski definition) is 4. The van der Waals surface area contributed by atoms with Crippen LogP contribution in [0.2, 0.25) is 0 Å². The molecule has 0 aliphatic carbocycles. The van der Waals surface area contributed by atoms with Crippen LogP contribution in [0.4, 0.5) is 0 Å². The van der Waals surface area contributed by atoms with Crippen molar-refractivity contribution in [3.05, 3.63) is 32.6 Å². The fraction of sp³-hybridized carbons (Fsp3) is 0.556. The van der Waals surface area contributed by atoms with Gasteiger partial charge in [-0.1, -0.05) is 0 Å². The number of H-pyrrole nitrogens is 2. The fourth-order valence-electron chi connectivity index (χ4n) is 1.67. The quantitative estimate of drug-likeness (QED) is 0.671. The molecule has 0 amide bonds. The molecule has 1 saturated heterocycles. The Hall–Kier alpha value is -0.820. The summed E-state index contributed by atoms with van der Waals surface area (Å²) in [6.07, 6.45) is 1.49. The summed E-state index contributed by atoms with van der Waals surface area (Å²) >= 11 is 0. The molecule has 3 N–H and O–H groups in total. The van der Waals surface area contributed by atoms with Crippen molar-refractivity contribution in [2.45, 2.75) is 6.54 Å². The van der Waals surface area contributed by atoms with Crippen molar-refractivity contribution in [2.75, 3.05) is 26.2 Å².